The zero-order chi connectivity index (χ0) is 17.7. The Morgan fingerprint density at radius 2 is 1.92 bits per heavy atom. The van der Waals surface area contributed by atoms with Gasteiger partial charge in [0.15, 0.2) is 0 Å². The van der Waals surface area contributed by atoms with Crippen LogP contribution in [0.4, 0.5) is 4.79 Å². The highest BCUT2D eigenvalue weighted by Gasteiger charge is 2.25. The van der Waals surface area contributed by atoms with E-state index in [9.17, 15) is 9.59 Å². The van der Waals surface area contributed by atoms with Gasteiger partial charge in [0, 0.05) is 9.35 Å². The Balaban J connectivity index is 1.74. The van der Waals surface area contributed by atoms with E-state index < -0.39 is 0 Å². The Morgan fingerprint density at radius 1 is 1.16 bits per heavy atom. The van der Waals surface area contributed by atoms with Gasteiger partial charge < -0.3 is 4.98 Å². The van der Waals surface area contributed by atoms with Crippen molar-refractivity contribution in [3.8, 4) is 10.7 Å². The predicted molar refractivity (Wildman–Crippen MR) is 106 cm³/mol. The first kappa shape index (κ1) is 17.1. The van der Waals surface area contributed by atoms with Crippen LogP contribution < -0.4 is 5.32 Å². The van der Waals surface area contributed by atoms with Gasteiger partial charge in [-0.25, -0.2) is 4.98 Å². The Hall–Kier alpha value is -1.32. The van der Waals surface area contributed by atoms with Gasteiger partial charge in [0.05, 0.1) is 30.9 Å². The summed E-state index contributed by atoms with van der Waals surface area (Å²) in [5.41, 5.74) is 1.49. The summed E-state index contributed by atoms with van der Waals surface area (Å²) >= 11 is 17.9. The standard InChI is InChI=1S/C15H6BrCl2N3O2S2/c16-6-1-5(2-11-14(22)21-15(23)25-11)24-12(6)13-19-9-3-7(17)8(18)4-10(9)20-13/h1-4H,(H,19,20)(H,21,22,23)/b11-2+. The van der Waals surface area contributed by atoms with E-state index in [4.69, 9.17) is 23.2 Å². The Morgan fingerprint density at radius 3 is 2.64 bits per heavy atom. The number of benzene rings is 1. The molecule has 25 heavy (non-hydrogen) atoms. The van der Waals surface area contributed by atoms with Crippen LogP contribution in [0.3, 0.4) is 0 Å². The van der Waals surface area contributed by atoms with Gasteiger partial charge in [0.25, 0.3) is 11.1 Å². The van der Waals surface area contributed by atoms with Crippen LogP contribution in [0, 0.1) is 0 Å². The summed E-state index contributed by atoms with van der Waals surface area (Å²) in [6, 6.07) is 5.30. The second kappa shape index (κ2) is 6.44. The molecule has 0 atom stereocenters. The number of thiophene rings is 1. The molecular formula is C15H6BrCl2N3O2S2. The lowest BCUT2D eigenvalue weighted by atomic mass is 10.3. The maximum atomic E-state index is 11.7. The van der Waals surface area contributed by atoms with Crippen LogP contribution in [0.1, 0.15) is 4.88 Å². The summed E-state index contributed by atoms with van der Waals surface area (Å²) in [6.45, 7) is 0. The first-order valence-corrected chi connectivity index (χ1v) is 9.98. The fraction of sp³-hybridized carbons (Fsp3) is 0. The van der Waals surface area contributed by atoms with E-state index >= 15 is 0 Å². The molecule has 10 heteroatoms. The Bertz CT molecular complexity index is 1050. The number of nitrogens with zero attached hydrogens (tertiary/aromatic N) is 1. The number of aromatic amines is 1. The van der Waals surface area contributed by atoms with E-state index in [0.29, 0.717) is 26.3 Å². The molecular weight excluding hydrogens is 469 g/mol. The highest BCUT2D eigenvalue weighted by molar-refractivity contribution is 9.10. The average Bonchev–Trinajstić information content (AvgIpc) is 3.18. The number of hydrogen-bond donors (Lipinski definition) is 2. The van der Waals surface area contributed by atoms with Gasteiger partial charge in [-0.2, -0.15) is 0 Å². The number of H-pyrrole nitrogens is 1. The summed E-state index contributed by atoms with van der Waals surface area (Å²) < 4.78 is 0.829. The molecule has 1 aromatic carbocycles. The third kappa shape index (κ3) is 3.24. The number of carbonyl (C=O) groups is 2. The number of thioether (sulfide) groups is 1. The van der Waals surface area contributed by atoms with Crippen molar-refractivity contribution in [3.05, 3.63) is 42.5 Å². The molecule has 2 N–H and O–H groups in total. The van der Waals surface area contributed by atoms with E-state index in [0.717, 1.165) is 31.5 Å². The Labute approximate surface area is 167 Å². The molecule has 1 saturated heterocycles. The number of imidazole rings is 1. The molecule has 126 valence electrons. The molecule has 2 aromatic heterocycles. The van der Waals surface area contributed by atoms with Crippen molar-refractivity contribution in [2.24, 2.45) is 0 Å². The molecule has 0 spiro atoms. The van der Waals surface area contributed by atoms with Gasteiger partial charge in [0.2, 0.25) is 0 Å². The number of carbonyl (C=O) groups excluding carboxylic acids is 2. The fourth-order valence-corrected chi connectivity index (χ4v) is 5.12. The maximum Gasteiger partial charge on any atom is 0.290 e. The maximum absolute atomic E-state index is 11.7. The number of imide groups is 1. The first-order valence-electron chi connectivity index (χ1n) is 6.80. The minimum atomic E-state index is -0.380. The molecule has 0 radical (unpaired) electrons. The van der Waals surface area contributed by atoms with Gasteiger partial charge >= 0.3 is 0 Å². The molecule has 5 nitrogen and oxygen atoms in total. The number of nitrogens with one attached hydrogen (secondary N) is 2. The second-order valence-corrected chi connectivity index (χ2v) is 8.81. The van der Waals surface area contributed by atoms with Crippen LogP contribution in [0.5, 0.6) is 0 Å². The van der Waals surface area contributed by atoms with Gasteiger partial charge in [-0.3, -0.25) is 14.9 Å². The van der Waals surface area contributed by atoms with Crippen LogP contribution in [0.15, 0.2) is 27.6 Å². The number of aromatic nitrogens is 2. The first-order chi connectivity index (χ1) is 11.9. The van der Waals surface area contributed by atoms with Crippen LogP contribution in [-0.4, -0.2) is 21.1 Å². The lowest BCUT2D eigenvalue weighted by molar-refractivity contribution is -0.115. The summed E-state index contributed by atoms with van der Waals surface area (Å²) in [6.07, 6.45) is 1.68. The summed E-state index contributed by atoms with van der Waals surface area (Å²) in [4.78, 5) is 32.7. The topological polar surface area (TPSA) is 74.8 Å². The van der Waals surface area contributed by atoms with E-state index in [2.05, 4.69) is 31.2 Å². The van der Waals surface area contributed by atoms with Gasteiger partial charge in [-0.05, 0) is 52.0 Å². The number of hydrogen-bond acceptors (Lipinski definition) is 5. The molecule has 2 amide bonds. The molecule has 1 fully saturated rings. The Kier molecular flexibility index (Phi) is 4.41. The average molecular weight is 475 g/mol. The summed E-state index contributed by atoms with van der Waals surface area (Å²) in [7, 11) is 0. The molecule has 1 aliphatic heterocycles. The summed E-state index contributed by atoms with van der Waals surface area (Å²) in [5, 5.41) is 2.77. The van der Waals surface area contributed by atoms with E-state index in [1.54, 1.807) is 18.2 Å². The molecule has 1 aliphatic rings. The van der Waals surface area contributed by atoms with Crippen molar-refractivity contribution in [1.82, 2.24) is 15.3 Å². The van der Waals surface area contributed by atoms with Crippen LogP contribution >= 0.6 is 62.2 Å². The van der Waals surface area contributed by atoms with E-state index in [1.165, 1.54) is 11.3 Å². The van der Waals surface area contributed by atoms with Gasteiger partial charge in [-0.15, -0.1) is 11.3 Å². The molecule has 4 rings (SSSR count). The zero-order valence-corrected chi connectivity index (χ0v) is 16.8. The minimum absolute atomic E-state index is 0.363. The largest absolute Gasteiger partial charge is 0.337 e. The quantitative estimate of drug-likeness (QED) is 0.468. The molecule has 0 saturated carbocycles. The third-order valence-electron chi connectivity index (χ3n) is 3.36. The summed E-state index contributed by atoms with van der Waals surface area (Å²) in [5.74, 6) is 0.281. The van der Waals surface area contributed by atoms with Gasteiger partial charge in [0.1, 0.15) is 5.82 Å². The van der Waals surface area contributed by atoms with Crippen molar-refractivity contribution in [2.75, 3.05) is 0 Å². The zero-order valence-electron chi connectivity index (χ0n) is 12.0. The van der Waals surface area contributed by atoms with E-state index in [-0.39, 0.29) is 11.1 Å². The third-order valence-corrected chi connectivity index (χ3v) is 6.87. The highest BCUT2D eigenvalue weighted by Crippen LogP contribution is 2.39. The lowest BCUT2D eigenvalue weighted by Crippen LogP contribution is -2.17. The SMILES string of the molecule is O=C1NC(=O)/C(=C\c2cc(Br)c(-c3nc4cc(Cl)c(Cl)cc4[nH]3)s2)S1. The predicted octanol–water partition coefficient (Wildman–Crippen LogP) is 5.68. The molecule has 0 unspecified atom stereocenters. The lowest BCUT2D eigenvalue weighted by Gasteiger charge is -1.93. The monoisotopic (exact) mass is 473 g/mol. The van der Waals surface area contributed by atoms with Crippen molar-refractivity contribution in [2.45, 2.75) is 0 Å². The normalized spacial score (nSPS) is 16.2. The van der Waals surface area contributed by atoms with Crippen molar-refractivity contribution >= 4 is 90.5 Å². The molecule has 0 bridgehead atoms. The number of rotatable bonds is 2. The van der Waals surface area contributed by atoms with Crippen LogP contribution in [0.2, 0.25) is 10.0 Å². The number of halogens is 3. The second-order valence-electron chi connectivity index (χ2n) is 5.05. The van der Waals surface area contributed by atoms with E-state index in [1.807, 2.05) is 6.07 Å². The number of amides is 2. The van der Waals surface area contributed by atoms with Crippen LogP contribution in [-0.2, 0) is 4.79 Å². The molecule has 3 heterocycles. The highest BCUT2D eigenvalue weighted by atomic mass is 79.9. The van der Waals surface area contributed by atoms with Crippen molar-refractivity contribution in [1.29, 1.82) is 0 Å². The molecule has 0 aliphatic carbocycles. The van der Waals surface area contributed by atoms with Crippen molar-refractivity contribution < 1.29 is 9.59 Å². The van der Waals surface area contributed by atoms with Gasteiger partial charge in [-0.1, -0.05) is 23.2 Å². The smallest absolute Gasteiger partial charge is 0.290 e. The van der Waals surface area contributed by atoms with Crippen molar-refractivity contribution in [3.63, 3.8) is 0 Å². The minimum Gasteiger partial charge on any atom is -0.337 e. The molecule has 3 aromatic rings. The van der Waals surface area contributed by atoms with Crippen LogP contribution in [0.25, 0.3) is 27.8 Å². The fourth-order valence-electron chi connectivity index (χ4n) is 2.28. The number of fused-ring (bicyclic) bond motifs is 1.